The number of amides is 1. The second-order valence-electron chi connectivity index (χ2n) is 8.48. The van der Waals surface area contributed by atoms with Gasteiger partial charge in [-0.2, -0.15) is 0 Å². The number of H-pyrrole nitrogens is 1. The van der Waals surface area contributed by atoms with E-state index in [2.05, 4.69) is 45.0 Å². The number of fused-ring (bicyclic) bond motifs is 3. The molecule has 3 aromatic rings. The van der Waals surface area contributed by atoms with Crippen molar-refractivity contribution in [3.63, 3.8) is 0 Å². The number of nitrogens with zero attached hydrogens (tertiary/aromatic N) is 3. The molecule has 30 heavy (non-hydrogen) atoms. The van der Waals surface area contributed by atoms with Gasteiger partial charge in [0.1, 0.15) is 5.82 Å². The van der Waals surface area contributed by atoms with Crippen LogP contribution < -0.4 is 5.32 Å². The number of rotatable bonds is 8. The largest absolute Gasteiger partial charge is 0.358 e. The molecule has 4 rings (SSSR count). The molecule has 2 heterocycles. The van der Waals surface area contributed by atoms with Gasteiger partial charge in [0.15, 0.2) is 5.16 Å². The van der Waals surface area contributed by atoms with Gasteiger partial charge in [0.2, 0.25) is 0 Å². The number of thioether (sulfide) groups is 1. The van der Waals surface area contributed by atoms with E-state index in [0.717, 1.165) is 54.3 Å². The molecule has 0 saturated heterocycles. The first-order chi connectivity index (χ1) is 14.6. The Morgan fingerprint density at radius 3 is 2.90 bits per heavy atom. The molecule has 1 aliphatic rings. The van der Waals surface area contributed by atoms with Crippen molar-refractivity contribution in [1.82, 2.24) is 25.1 Å². The Bertz CT molecular complexity index is 1040. The van der Waals surface area contributed by atoms with E-state index in [1.54, 1.807) is 11.8 Å². The van der Waals surface area contributed by atoms with E-state index in [0.29, 0.717) is 12.5 Å². The van der Waals surface area contributed by atoms with Crippen molar-refractivity contribution in [2.75, 3.05) is 12.8 Å². The highest BCUT2D eigenvalue weighted by atomic mass is 32.2. The van der Waals surface area contributed by atoms with Crippen LogP contribution in [0.1, 0.15) is 60.5 Å². The lowest BCUT2D eigenvalue weighted by molar-refractivity contribution is 0.0954. The number of aromatic amines is 1. The van der Waals surface area contributed by atoms with Crippen LogP contribution in [0.3, 0.4) is 0 Å². The standard InChI is InChI=1S/C23H31N5OS/c1-15(2)14-28-20(26-27-23(28)30-3)12-7-13-24-22(29)18-10-6-9-17-16-8-4-5-11-19(16)25-21(17)18/h6,9-10,15,25H,4-5,7-8,11-14H2,1-3H3,(H,24,29). The Hall–Kier alpha value is -2.28. The molecule has 1 aromatic carbocycles. The summed E-state index contributed by atoms with van der Waals surface area (Å²) in [4.78, 5) is 16.4. The van der Waals surface area contributed by atoms with Gasteiger partial charge < -0.3 is 14.9 Å². The number of carbonyl (C=O) groups is 1. The van der Waals surface area contributed by atoms with Crippen LogP contribution in [-0.4, -0.2) is 38.5 Å². The van der Waals surface area contributed by atoms with Crippen LogP contribution >= 0.6 is 11.8 Å². The SMILES string of the molecule is CSc1nnc(CCCNC(=O)c2cccc3c4c([nH]c23)CCCC4)n1CC(C)C. The minimum Gasteiger partial charge on any atom is -0.358 e. The van der Waals surface area contributed by atoms with Crippen LogP contribution in [0.25, 0.3) is 10.9 Å². The highest BCUT2D eigenvalue weighted by Crippen LogP contribution is 2.30. The molecule has 6 nitrogen and oxygen atoms in total. The number of hydrogen-bond donors (Lipinski definition) is 2. The summed E-state index contributed by atoms with van der Waals surface area (Å²) in [6.45, 7) is 5.95. The quantitative estimate of drug-likeness (QED) is 0.415. The highest BCUT2D eigenvalue weighted by molar-refractivity contribution is 7.98. The molecular formula is C23H31N5OS. The molecule has 2 aromatic heterocycles. The second kappa shape index (κ2) is 9.25. The molecule has 160 valence electrons. The summed E-state index contributed by atoms with van der Waals surface area (Å²) in [6.07, 6.45) is 8.33. The van der Waals surface area contributed by atoms with Crippen LogP contribution in [0.4, 0.5) is 0 Å². The molecule has 0 bridgehead atoms. The average Bonchev–Trinajstić information content (AvgIpc) is 3.31. The monoisotopic (exact) mass is 425 g/mol. The normalized spacial score (nSPS) is 13.7. The molecular weight excluding hydrogens is 394 g/mol. The Labute approximate surface area is 182 Å². The zero-order chi connectivity index (χ0) is 21.1. The minimum atomic E-state index is -0.00681. The van der Waals surface area contributed by atoms with Crippen molar-refractivity contribution in [3.8, 4) is 0 Å². The van der Waals surface area contributed by atoms with Crippen molar-refractivity contribution in [3.05, 3.63) is 40.8 Å². The first kappa shape index (κ1) is 21.0. The van der Waals surface area contributed by atoms with Crippen molar-refractivity contribution < 1.29 is 4.79 Å². The summed E-state index contributed by atoms with van der Waals surface area (Å²) < 4.78 is 2.21. The van der Waals surface area contributed by atoms with Gasteiger partial charge in [0, 0.05) is 30.6 Å². The second-order valence-corrected chi connectivity index (χ2v) is 9.26. The number of para-hydroxylation sites is 1. The van der Waals surface area contributed by atoms with Gasteiger partial charge in [-0.25, -0.2) is 0 Å². The van der Waals surface area contributed by atoms with Gasteiger partial charge in [0.25, 0.3) is 5.91 Å². The van der Waals surface area contributed by atoms with E-state index >= 15 is 0 Å². The predicted octanol–water partition coefficient (Wildman–Crippen LogP) is 4.38. The van der Waals surface area contributed by atoms with Gasteiger partial charge in [-0.15, -0.1) is 10.2 Å². The average molecular weight is 426 g/mol. The van der Waals surface area contributed by atoms with Crippen molar-refractivity contribution in [2.24, 2.45) is 5.92 Å². The number of carbonyl (C=O) groups excluding carboxylic acids is 1. The molecule has 0 fully saturated rings. The number of benzene rings is 1. The fraction of sp³-hybridized carbons (Fsp3) is 0.522. The fourth-order valence-electron chi connectivity index (χ4n) is 4.37. The molecule has 7 heteroatoms. The summed E-state index contributed by atoms with van der Waals surface area (Å²) >= 11 is 1.63. The third-order valence-electron chi connectivity index (χ3n) is 5.76. The summed E-state index contributed by atoms with van der Waals surface area (Å²) in [5, 5.41) is 13.9. The zero-order valence-electron chi connectivity index (χ0n) is 18.1. The predicted molar refractivity (Wildman–Crippen MR) is 122 cm³/mol. The molecule has 0 atom stereocenters. The lowest BCUT2D eigenvalue weighted by Gasteiger charge is -2.12. The van der Waals surface area contributed by atoms with E-state index in [9.17, 15) is 4.79 Å². The molecule has 0 aliphatic heterocycles. The maximum absolute atomic E-state index is 12.9. The van der Waals surface area contributed by atoms with Crippen molar-refractivity contribution in [2.45, 2.75) is 64.1 Å². The first-order valence-corrected chi connectivity index (χ1v) is 12.2. The Kier molecular flexibility index (Phi) is 6.46. The first-order valence-electron chi connectivity index (χ1n) is 10.9. The lowest BCUT2D eigenvalue weighted by atomic mass is 9.95. The molecule has 2 N–H and O–H groups in total. The van der Waals surface area contributed by atoms with Crippen LogP contribution in [0.5, 0.6) is 0 Å². The van der Waals surface area contributed by atoms with Gasteiger partial charge >= 0.3 is 0 Å². The summed E-state index contributed by atoms with van der Waals surface area (Å²) in [5.41, 5.74) is 4.45. The molecule has 0 spiro atoms. The lowest BCUT2D eigenvalue weighted by Crippen LogP contribution is -2.25. The van der Waals surface area contributed by atoms with Gasteiger partial charge in [-0.3, -0.25) is 4.79 Å². The third kappa shape index (κ3) is 4.26. The van der Waals surface area contributed by atoms with Crippen LogP contribution in [0.15, 0.2) is 23.4 Å². The molecule has 0 unspecified atom stereocenters. The van der Waals surface area contributed by atoms with Crippen LogP contribution in [-0.2, 0) is 25.8 Å². The maximum Gasteiger partial charge on any atom is 0.253 e. The summed E-state index contributed by atoms with van der Waals surface area (Å²) in [6, 6.07) is 6.06. The molecule has 0 radical (unpaired) electrons. The van der Waals surface area contributed by atoms with E-state index in [1.165, 1.54) is 29.5 Å². The summed E-state index contributed by atoms with van der Waals surface area (Å²) in [7, 11) is 0. The molecule has 0 saturated carbocycles. The van der Waals surface area contributed by atoms with Gasteiger partial charge in [-0.1, -0.05) is 37.7 Å². The third-order valence-corrected chi connectivity index (χ3v) is 6.43. The van der Waals surface area contributed by atoms with E-state index in [-0.39, 0.29) is 5.91 Å². The Balaban J connectivity index is 1.39. The Morgan fingerprint density at radius 2 is 2.10 bits per heavy atom. The van der Waals surface area contributed by atoms with Crippen molar-refractivity contribution in [1.29, 1.82) is 0 Å². The fourth-order valence-corrected chi connectivity index (χ4v) is 4.89. The minimum absolute atomic E-state index is 0.00681. The molecule has 1 aliphatic carbocycles. The summed E-state index contributed by atoms with van der Waals surface area (Å²) in [5.74, 6) is 1.53. The number of nitrogens with one attached hydrogen (secondary N) is 2. The number of aromatic nitrogens is 4. The van der Waals surface area contributed by atoms with E-state index in [4.69, 9.17) is 0 Å². The number of hydrogen-bond acceptors (Lipinski definition) is 4. The van der Waals surface area contributed by atoms with Crippen LogP contribution in [0, 0.1) is 5.92 Å². The smallest absolute Gasteiger partial charge is 0.253 e. The van der Waals surface area contributed by atoms with E-state index in [1.807, 2.05) is 18.4 Å². The number of aryl methyl sites for hydroxylation is 3. The topological polar surface area (TPSA) is 75.6 Å². The van der Waals surface area contributed by atoms with Gasteiger partial charge in [-0.05, 0) is 55.9 Å². The van der Waals surface area contributed by atoms with Crippen molar-refractivity contribution >= 4 is 28.6 Å². The van der Waals surface area contributed by atoms with E-state index < -0.39 is 0 Å². The Morgan fingerprint density at radius 1 is 1.27 bits per heavy atom. The highest BCUT2D eigenvalue weighted by Gasteiger charge is 2.19. The maximum atomic E-state index is 12.9. The zero-order valence-corrected chi connectivity index (χ0v) is 18.9. The van der Waals surface area contributed by atoms with Gasteiger partial charge in [0.05, 0.1) is 11.1 Å². The molecule has 1 amide bonds. The van der Waals surface area contributed by atoms with Crippen LogP contribution in [0.2, 0.25) is 0 Å².